The number of nitrogens with zero attached hydrogens (tertiary/aromatic N) is 1. The van der Waals surface area contributed by atoms with Crippen LogP contribution in [0.2, 0.25) is 0 Å². The van der Waals surface area contributed by atoms with Crippen molar-refractivity contribution in [2.24, 2.45) is 5.92 Å². The van der Waals surface area contributed by atoms with Crippen LogP contribution in [0.25, 0.3) is 0 Å². The Morgan fingerprint density at radius 3 is 2.54 bits per heavy atom. The molecule has 1 amide bonds. The fourth-order valence-corrected chi connectivity index (χ4v) is 3.96. The van der Waals surface area contributed by atoms with Gasteiger partial charge in [-0.25, -0.2) is 4.79 Å². The van der Waals surface area contributed by atoms with Gasteiger partial charge in [-0.05, 0) is 77.2 Å². The lowest BCUT2D eigenvalue weighted by molar-refractivity contribution is 0.0509. The molecule has 0 atom stereocenters. The summed E-state index contributed by atoms with van der Waals surface area (Å²) in [5.74, 6) is 1.48. The molecule has 0 aromatic heterocycles. The van der Waals surface area contributed by atoms with Gasteiger partial charge in [-0.2, -0.15) is 0 Å². The zero-order valence-corrected chi connectivity index (χ0v) is 18.1. The van der Waals surface area contributed by atoms with Crippen molar-refractivity contribution >= 4 is 22.0 Å². The van der Waals surface area contributed by atoms with Crippen LogP contribution in [-0.2, 0) is 11.3 Å². The third-order valence-corrected chi connectivity index (χ3v) is 5.01. The highest BCUT2D eigenvalue weighted by Crippen LogP contribution is 2.30. The van der Waals surface area contributed by atoms with Crippen LogP contribution in [0.4, 0.5) is 4.79 Å². The Kier molecular flexibility index (Phi) is 7.35. The first kappa shape index (κ1) is 21.0. The number of likely N-dealkylation sites (tertiary alicyclic amines) is 1. The lowest BCUT2D eigenvalue weighted by Gasteiger charge is -2.32. The Morgan fingerprint density at radius 2 is 1.96 bits per heavy atom. The van der Waals surface area contributed by atoms with Crippen molar-refractivity contribution in [2.45, 2.75) is 52.7 Å². The number of hydrogen-bond donors (Lipinski definition) is 1. The van der Waals surface area contributed by atoms with E-state index < -0.39 is 5.60 Å². The van der Waals surface area contributed by atoms with Crippen molar-refractivity contribution in [1.29, 1.82) is 0 Å². The highest BCUT2D eigenvalue weighted by Gasteiger charge is 2.22. The number of hydrogen-bond acceptors (Lipinski definition) is 4. The predicted octanol–water partition coefficient (Wildman–Crippen LogP) is 4.50. The van der Waals surface area contributed by atoms with Crippen molar-refractivity contribution in [3.05, 3.63) is 27.7 Å². The minimum atomic E-state index is -0.450. The van der Waals surface area contributed by atoms with Crippen molar-refractivity contribution in [3.8, 4) is 5.75 Å². The summed E-state index contributed by atoms with van der Waals surface area (Å²) in [7, 11) is 1.73. The molecule has 0 saturated carbocycles. The summed E-state index contributed by atoms with van der Waals surface area (Å²) in [5, 5.41) is 2.90. The molecule has 1 heterocycles. The molecule has 2 rings (SSSR count). The predicted molar refractivity (Wildman–Crippen MR) is 108 cm³/mol. The molecule has 1 aromatic carbocycles. The number of halogens is 1. The SMILES string of the molecule is COc1c(C)cc(Br)cc1CN1CCC(CNC(=O)OC(C)(C)C)CC1. The van der Waals surface area contributed by atoms with E-state index in [9.17, 15) is 4.79 Å². The van der Waals surface area contributed by atoms with Gasteiger partial charge in [-0.15, -0.1) is 0 Å². The zero-order valence-electron chi connectivity index (χ0n) is 16.5. The molecular formula is C20H31BrN2O3. The van der Waals surface area contributed by atoms with Crippen molar-refractivity contribution in [2.75, 3.05) is 26.7 Å². The minimum absolute atomic E-state index is 0.325. The number of carbonyl (C=O) groups excluding carboxylic acids is 1. The summed E-state index contributed by atoms with van der Waals surface area (Å²) in [6.07, 6.45) is 1.82. The van der Waals surface area contributed by atoms with Gasteiger partial charge < -0.3 is 14.8 Å². The van der Waals surface area contributed by atoms with E-state index in [4.69, 9.17) is 9.47 Å². The van der Waals surface area contributed by atoms with Crippen LogP contribution in [0.1, 0.15) is 44.7 Å². The van der Waals surface area contributed by atoms with E-state index in [0.717, 1.165) is 48.3 Å². The molecule has 1 aliphatic rings. The fraction of sp³-hybridized carbons (Fsp3) is 0.650. The number of carbonyl (C=O) groups is 1. The normalized spacial score (nSPS) is 16.4. The van der Waals surface area contributed by atoms with E-state index in [1.165, 1.54) is 5.56 Å². The van der Waals surface area contributed by atoms with Crippen LogP contribution in [0.5, 0.6) is 5.75 Å². The van der Waals surface area contributed by atoms with Gasteiger partial charge in [-0.3, -0.25) is 4.90 Å². The number of nitrogens with one attached hydrogen (secondary N) is 1. The molecule has 1 N–H and O–H groups in total. The Hall–Kier alpha value is -1.27. The molecule has 0 spiro atoms. The average molecular weight is 427 g/mol. The molecule has 0 radical (unpaired) electrons. The average Bonchev–Trinajstić information content (AvgIpc) is 2.52. The molecule has 6 heteroatoms. The Bertz CT molecular complexity index is 620. The van der Waals surface area contributed by atoms with Gasteiger partial charge in [0.05, 0.1) is 7.11 Å². The van der Waals surface area contributed by atoms with Crippen molar-refractivity contribution in [1.82, 2.24) is 10.2 Å². The number of benzene rings is 1. The molecule has 5 nitrogen and oxygen atoms in total. The second kappa shape index (κ2) is 9.09. The maximum Gasteiger partial charge on any atom is 0.407 e. The molecule has 1 saturated heterocycles. The smallest absolute Gasteiger partial charge is 0.407 e. The quantitative estimate of drug-likeness (QED) is 0.752. The van der Waals surface area contributed by atoms with E-state index >= 15 is 0 Å². The van der Waals surface area contributed by atoms with Gasteiger partial charge in [-0.1, -0.05) is 15.9 Å². The lowest BCUT2D eigenvalue weighted by atomic mass is 9.96. The maximum absolute atomic E-state index is 11.8. The van der Waals surface area contributed by atoms with E-state index in [2.05, 4.69) is 45.2 Å². The van der Waals surface area contributed by atoms with Crippen LogP contribution in [0.3, 0.4) is 0 Å². The number of methoxy groups -OCH3 is 1. The van der Waals surface area contributed by atoms with Gasteiger partial charge in [0.15, 0.2) is 0 Å². The third kappa shape index (κ3) is 6.47. The van der Waals surface area contributed by atoms with Gasteiger partial charge >= 0.3 is 6.09 Å². The molecule has 0 bridgehead atoms. The molecular weight excluding hydrogens is 396 g/mol. The summed E-state index contributed by atoms with van der Waals surface area (Å²) >= 11 is 3.58. The second-order valence-corrected chi connectivity index (χ2v) is 8.93. The topological polar surface area (TPSA) is 50.8 Å². The third-order valence-electron chi connectivity index (χ3n) is 4.56. The van der Waals surface area contributed by atoms with Crippen LogP contribution < -0.4 is 10.1 Å². The van der Waals surface area contributed by atoms with Crippen LogP contribution >= 0.6 is 15.9 Å². The summed E-state index contributed by atoms with van der Waals surface area (Å²) in [6, 6.07) is 4.22. The summed E-state index contributed by atoms with van der Waals surface area (Å²) < 4.78 is 12.0. The molecule has 1 aromatic rings. The molecule has 26 heavy (non-hydrogen) atoms. The van der Waals surface area contributed by atoms with Gasteiger partial charge in [0.25, 0.3) is 0 Å². The second-order valence-electron chi connectivity index (χ2n) is 8.02. The maximum atomic E-state index is 11.8. The van der Waals surface area contributed by atoms with Gasteiger partial charge in [0.1, 0.15) is 11.4 Å². The van der Waals surface area contributed by atoms with Gasteiger partial charge in [0, 0.05) is 23.1 Å². The standard InChI is InChI=1S/C20H31BrN2O3/c1-14-10-17(21)11-16(18(14)25-5)13-23-8-6-15(7-9-23)12-22-19(24)26-20(2,3)4/h10-11,15H,6-9,12-13H2,1-5H3,(H,22,24). The summed E-state index contributed by atoms with van der Waals surface area (Å²) in [5.41, 5.74) is 1.91. The number of alkyl carbamates (subject to hydrolysis) is 1. The van der Waals surface area contributed by atoms with Gasteiger partial charge in [0.2, 0.25) is 0 Å². The summed E-state index contributed by atoms with van der Waals surface area (Å²) in [4.78, 5) is 14.2. The Balaban J connectivity index is 1.81. The van der Waals surface area contributed by atoms with E-state index in [1.54, 1.807) is 7.11 Å². The van der Waals surface area contributed by atoms with Crippen LogP contribution in [0.15, 0.2) is 16.6 Å². The van der Waals surface area contributed by atoms with E-state index in [-0.39, 0.29) is 6.09 Å². The van der Waals surface area contributed by atoms with E-state index in [1.807, 2.05) is 20.8 Å². The highest BCUT2D eigenvalue weighted by molar-refractivity contribution is 9.10. The fourth-order valence-electron chi connectivity index (χ4n) is 3.34. The Labute approximate surface area is 165 Å². The number of rotatable bonds is 5. The highest BCUT2D eigenvalue weighted by atomic mass is 79.9. The Morgan fingerprint density at radius 1 is 1.31 bits per heavy atom. The number of ether oxygens (including phenoxy) is 2. The monoisotopic (exact) mass is 426 g/mol. The number of piperidine rings is 1. The van der Waals surface area contributed by atoms with E-state index in [0.29, 0.717) is 12.5 Å². The summed E-state index contributed by atoms with van der Waals surface area (Å²) in [6.45, 7) is 11.3. The first-order chi connectivity index (χ1) is 12.2. The molecule has 1 aliphatic heterocycles. The largest absolute Gasteiger partial charge is 0.496 e. The molecule has 146 valence electrons. The minimum Gasteiger partial charge on any atom is -0.496 e. The lowest BCUT2D eigenvalue weighted by Crippen LogP contribution is -2.40. The van der Waals surface area contributed by atoms with Crippen molar-refractivity contribution in [3.63, 3.8) is 0 Å². The van der Waals surface area contributed by atoms with Crippen LogP contribution in [0, 0.1) is 12.8 Å². The number of amides is 1. The zero-order chi connectivity index (χ0) is 19.3. The molecule has 1 fully saturated rings. The first-order valence-corrected chi connectivity index (χ1v) is 9.99. The van der Waals surface area contributed by atoms with Crippen molar-refractivity contribution < 1.29 is 14.3 Å². The number of aryl methyl sites for hydroxylation is 1. The molecule has 0 aliphatic carbocycles. The first-order valence-electron chi connectivity index (χ1n) is 9.20. The van der Waals surface area contributed by atoms with Crippen LogP contribution in [-0.4, -0.2) is 43.3 Å². The molecule has 0 unspecified atom stereocenters.